The van der Waals surface area contributed by atoms with E-state index in [9.17, 15) is 19.5 Å². The second kappa shape index (κ2) is 12.2. The second-order valence-corrected chi connectivity index (χ2v) is 13.0. The summed E-state index contributed by atoms with van der Waals surface area (Å²) in [5.74, 6) is -1.14. The Bertz CT molecular complexity index is 1080. The lowest BCUT2D eigenvalue weighted by molar-refractivity contribution is -0.192. The molecule has 0 amide bonds. The zero-order chi connectivity index (χ0) is 30.0. The van der Waals surface area contributed by atoms with E-state index >= 15 is 0 Å². The number of aliphatic hydroxyl groups excluding tert-OH is 1. The van der Waals surface area contributed by atoms with Crippen LogP contribution in [0.2, 0.25) is 0 Å². The van der Waals surface area contributed by atoms with Crippen molar-refractivity contribution in [2.24, 2.45) is 22.7 Å². The summed E-state index contributed by atoms with van der Waals surface area (Å²) in [6, 6.07) is 0. The first-order valence-electron chi connectivity index (χ1n) is 14.9. The van der Waals surface area contributed by atoms with E-state index in [2.05, 4.69) is 40.3 Å². The standard InChI is InChI=1S/C33H50O7/c1-10-12-25(34)29(36)39-27-16-18-31(7)24(19-33(30(37)38-9)28(35)22(5)23(6)40-33)21(4)14-15-26(31)32(27,8)17-11-13-20(2)3/h13,24-27,34H,4,10-12,14-19H2,1-3,5-9H3/t24-,25-,26-,27+,31-,32+,33?/m1/s1. The van der Waals surface area contributed by atoms with Crippen molar-refractivity contribution in [2.75, 3.05) is 7.11 Å². The highest BCUT2D eigenvalue weighted by atomic mass is 16.6. The molecule has 0 aromatic rings. The minimum absolute atomic E-state index is 0.136. The Morgan fingerprint density at radius 3 is 2.45 bits per heavy atom. The monoisotopic (exact) mass is 558 g/mol. The highest BCUT2D eigenvalue weighted by molar-refractivity contribution is 6.16. The van der Waals surface area contributed by atoms with E-state index < -0.39 is 23.6 Å². The molecule has 2 fully saturated rings. The summed E-state index contributed by atoms with van der Waals surface area (Å²) in [6.45, 7) is 18.4. The maximum Gasteiger partial charge on any atom is 0.358 e. The molecule has 2 aliphatic carbocycles. The first-order valence-corrected chi connectivity index (χ1v) is 14.9. The molecule has 0 radical (unpaired) electrons. The number of Topliss-reactive ketones (excluding diaryl/α,β-unsaturated/α-hetero) is 1. The zero-order valence-corrected chi connectivity index (χ0v) is 25.9. The molecule has 1 heterocycles. The van der Waals surface area contributed by atoms with Crippen molar-refractivity contribution in [2.45, 2.75) is 124 Å². The van der Waals surface area contributed by atoms with Gasteiger partial charge in [0.05, 0.1) is 7.11 Å². The molecule has 0 saturated heterocycles. The van der Waals surface area contributed by atoms with Crippen LogP contribution >= 0.6 is 0 Å². The number of hydrogen-bond donors (Lipinski definition) is 1. The van der Waals surface area contributed by atoms with Crippen LogP contribution < -0.4 is 0 Å². The Morgan fingerprint density at radius 2 is 1.90 bits per heavy atom. The van der Waals surface area contributed by atoms with Crippen LogP contribution in [0.4, 0.5) is 0 Å². The van der Waals surface area contributed by atoms with Gasteiger partial charge in [0.1, 0.15) is 11.9 Å². The van der Waals surface area contributed by atoms with Crippen LogP contribution in [0.5, 0.6) is 0 Å². The van der Waals surface area contributed by atoms with E-state index in [1.54, 1.807) is 13.8 Å². The number of aliphatic hydroxyl groups is 1. The third kappa shape index (κ3) is 5.68. The molecule has 0 aromatic carbocycles. The Morgan fingerprint density at radius 1 is 1.23 bits per heavy atom. The average molecular weight is 559 g/mol. The normalized spacial score (nSPS) is 34.6. The first-order chi connectivity index (χ1) is 18.7. The summed E-state index contributed by atoms with van der Waals surface area (Å²) >= 11 is 0. The zero-order valence-electron chi connectivity index (χ0n) is 25.9. The van der Waals surface area contributed by atoms with Crippen LogP contribution in [-0.4, -0.2) is 47.7 Å². The van der Waals surface area contributed by atoms with Gasteiger partial charge in [-0.25, -0.2) is 9.59 Å². The third-order valence-electron chi connectivity index (χ3n) is 10.2. The largest absolute Gasteiger partial charge is 0.471 e. The maximum atomic E-state index is 13.5. The smallest absolute Gasteiger partial charge is 0.358 e. The van der Waals surface area contributed by atoms with Crippen molar-refractivity contribution < 1.29 is 33.7 Å². The second-order valence-electron chi connectivity index (χ2n) is 13.0. The summed E-state index contributed by atoms with van der Waals surface area (Å²) in [5, 5.41) is 10.4. The number of hydrogen-bond acceptors (Lipinski definition) is 7. The number of rotatable bonds is 10. The average Bonchev–Trinajstić information content (AvgIpc) is 3.11. The topological polar surface area (TPSA) is 99.1 Å². The summed E-state index contributed by atoms with van der Waals surface area (Å²) in [6.07, 6.45) is 6.64. The molecule has 40 heavy (non-hydrogen) atoms. The number of ether oxygens (including phenoxy) is 3. The molecule has 3 rings (SSSR count). The van der Waals surface area contributed by atoms with E-state index in [1.165, 1.54) is 12.7 Å². The molecule has 0 bridgehead atoms. The summed E-state index contributed by atoms with van der Waals surface area (Å²) in [5.41, 5.74) is 0.298. The summed E-state index contributed by atoms with van der Waals surface area (Å²) in [7, 11) is 1.29. The third-order valence-corrected chi connectivity index (χ3v) is 10.2. The Balaban J connectivity index is 2.02. The molecule has 3 aliphatic rings. The molecular weight excluding hydrogens is 508 g/mol. The van der Waals surface area contributed by atoms with Gasteiger partial charge in [0.25, 0.3) is 5.60 Å². The van der Waals surface area contributed by atoms with Gasteiger partial charge in [0, 0.05) is 17.4 Å². The van der Waals surface area contributed by atoms with Gasteiger partial charge in [-0.3, -0.25) is 4.79 Å². The Kier molecular flexibility index (Phi) is 9.81. The predicted molar refractivity (Wildman–Crippen MR) is 154 cm³/mol. The van der Waals surface area contributed by atoms with Gasteiger partial charge in [-0.15, -0.1) is 0 Å². The van der Waals surface area contributed by atoms with Crippen molar-refractivity contribution in [3.63, 3.8) is 0 Å². The van der Waals surface area contributed by atoms with Crippen molar-refractivity contribution in [1.82, 2.24) is 0 Å². The number of esters is 2. The fourth-order valence-electron chi connectivity index (χ4n) is 7.81. The number of carbonyl (C=O) groups excluding carboxylic acids is 3. The summed E-state index contributed by atoms with van der Waals surface area (Å²) < 4.78 is 17.3. The van der Waals surface area contributed by atoms with Gasteiger partial charge < -0.3 is 19.3 Å². The summed E-state index contributed by atoms with van der Waals surface area (Å²) in [4.78, 5) is 39.6. The van der Waals surface area contributed by atoms with E-state index in [1.807, 2.05) is 6.92 Å². The van der Waals surface area contributed by atoms with Crippen LogP contribution in [0.1, 0.15) is 106 Å². The molecular formula is C33H50O7. The number of ketones is 1. The molecule has 1 aliphatic heterocycles. The minimum atomic E-state index is -1.71. The van der Waals surface area contributed by atoms with Gasteiger partial charge in [0.15, 0.2) is 6.10 Å². The predicted octanol–water partition coefficient (Wildman–Crippen LogP) is 6.39. The lowest BCUT2D eigenvalue weighted by Crippen LogP contribution is -2.59. The Hall–Kier alpha value is -2.41. The van der Waals surface area contributed by atoms with E-state index in [4.69, 9.17) is 14.2 Å². The van der Waals surface area contributed by atoms with Gasteiger partial charge in [-0.05, 0) is 89.9 Å². The van der Waals surface area contributed by atoms with Crippen molar-refractivity contribution in [3.05, 3.63) is 35.1 Å². The first kappa shape index (κ1) is 32.1. The van der Waals surface area contributed by atoms with Crippen molar-refractivity contribution in [3.8, 4) is 0 Å². The molecule has 0 aromatic heterocycles. The van der Waals surface area contributed by atoms with Crippen LogP contribution in [0, 0.1) is 22.7 Å². The van der Waals surface area contributed by atoms with Crippen LogP contribution in [0.15, 0.2) is 35.1 Å². The molecule has 7 heteroatoms. The lowest BCUT2D eigenvalue weighted by atomic mass is 9.44. The number of fused-ring (bicyclic) bond motifs is 1. The van der Waals surface area contributed by atoms with Gasteiger partial charge in [-0.1, -0.05) is 51.0 Å². The molecule has 1 unspecified atom stereocenters. The van der Waals surface area contributed by atoms with Gasteiger partial charge in [0.2, 0.25) is 5.78 Å². The maximum absolute atomic E-state index is 13.5. The molecule has 7 nitrogen and oxygen atoms in total. The van der Waals surface area contributed by atoms with Crippen LogP contribution in [-0.2, 0) is 28.6 Å². The van der Waals surface area contributed by atoms with Crippen LogP contribution in [0.25, 0.3) is 0 Å². The van der Waals surface area contributed by atoms with E-state index in [-0.39, 0.29) is 41.0 Å². The number of methoxy groups -OCH3 is 1. The quantitative estimate of drug-likeness (QED) is 0.188. The number of allylic oxidation sites excluding steroid dienone is 4. The minimum Gasteiger partial charge on any atom is -0.471 e. The highest BCUT2D eigenvalue weighted by Gasteiger charge is 2.63. The Labute approximate surface area is 240 Å². The number of carbonyl (C=O) groups is 3. The van der Waals surface area contributed by atoms with E-state index in [0.29, 0.717) is 30.6 Å². The fraction of sp³-hybridized carbons (Fsp3) is 0.727. The molecule has 1 N–H and O–H groups in total. The highest BCUT2D eigenvalue weighted by Crippen LogP contribution is 2.64. The lowest BCUT2D eigenvalue weighted by Gasteiger charge is -2.61. The van der Waals surface area contributed by atoms with Crippen LogP contribution in [0.3, 0.4) is 0 Å². The van der Waals surface area contributed by atoms with Crippen molar-refractivity contribution in [1.29, 1.82) is 0 Å². The SMILES string of the molecule is C=C1CC[C@H]2[C@](C)(CCC=C(C)C)[C@@H](OC(=O)[C@H](O)CCC)CC[C@]2(C)[C@@H]1CC1(C(=O)OC)OC(C)=C(C)C1=O. The molecule has 224 valence electrons. The van der Waals surface area contributed by atoms with Crippen molar-refractivity contribution >= 4 is 17.7 Å². The van der Waals surface area contributed by atoms with E-state index in [0.717, 1.165) is 37.7 Å². The molecule has 0 spiro atoms. The molecule has 7 atom stereocenters. The fourth-order valence-corrected chi connectivity index (χ4v) is 7.81. The van der Waals surface area contributed by atoms with Gasteiger partial charge >= 0.3 is 11.9 Å². The van der Waals surface area contributed by atoms with Gasteiger partial charge in [-0.2, -0.15) is 0 Å². The molecule has 2 saturated carbocycles.